The SMILES string of the molecule is COc1ccc(CNC(=O)C(c2ccco2)N(Cc2ccc(F)cc2)C(=O)Cc2cccs2)cc1. The van der Waals surface area contributed by atoms with Crippen LogP contribution in [0.15, 0.2) is 88.9 Å². The third-order valence-electron chi connectivity index (χ3n) is 5.49. The van der Waals surface area contributed by atoms with Gasteiger partial charge in [-0.25, -0.2) is 4.39 Å². The highest BCUT2D eigenvalue weighted by atomic mass is 32.1. The Balaban J connectivity index is 1.60. The largest absolute Gasteiger partial charge is 0.497 e. The lowest BCUT2D eigenvalue weighted by molar-refractivity contribution is -0.141. The van der Waals surface area contributed by atoms with Crippen LogP contribution in [0.4, 0.5) is 4.39 Å². The summed E-state index contributed by atoms with van der Waals surface area (Å²) in [5.41, 5.74) is 1.58. The number of amides is 2. The van der Waals surface area contributed by atoms with Crippen LogP contribution in [-0.4, -0.2) is 23.8 Å². The van der Waals surface area contributed by atoms with Crippen molar-refractivity contribution in [3.63, 3.8) is 0 Å². The van der Waals surface area contributed by atoms with Crippen LogP contribution in [0.5, 0.6) is 5.75 Å². The van der Waals surface area contributed by atoms with Gasteiger partial charge in [0.05, 0.1) is 19.8 Å². The van der Waals surface area contributed by atoms with E-state index >= 15 is 0 Å². The summed E-state index contributed by atoms with van der Waals surface area (Å²) in [7, 11) is 1.59. The lowest BCUT2D eigenvalue weighted by Crippen LogP contribution is -2.43. The van der Waals surface area contributed by atoms with Crippen LogP contribution in [-0.2, 0) is 29.1 Å². The fraction of sp³-hybridized carbons (Fsp3) is 0.185. The normalized spacial score (nSPS) is 11.6. The van der Waals surface area contributed by atoms with Gasteiger partial charge in [0.25, 0.3) is 5.91 Å². The first-order chi connectivity index (χ1) is 17.0. The Morgan fingerprint density at radius 1 is 1.03 bits per heavy atom. The molecule has 4 aromatic rings. The third kappa shape index (κ3) is 6.36. The maximum atomic E-state index is 13.5. The van der Waals surface area contributed by atoms with E-state index in [-0.39, 0.29) is 37.1 Å². The third-order valence-corrected chi connectivity index (χ3v) is 6.37. The highest BCUT2D eigenvalue weighted by molar-refractivity contribution is 7.10. The summed E-state index contributed by atoms with van der Waals surface area (Å²) in [5.74, 6) is 0.0808. The van der Waals surface area contributed by atoms with Gasteiger partial charge in [-0.2, -0.15) is 0 Å². The Hall–Kier alpha value is -3.91. The van der Waals surface area contributed by atoms with Gasteiger partial charge in [0.15, 0.2) is 6.04 Å². The maximum Gasteiger partial charge on any atom is 0.251 e. The van der Waals surface area contributed by atoms with Crippen LogP contribution >= 0.6 is 11.3 Å². The summed E-state index contributed by atoms with van der Waals surface area (Å²) in [5, 5.41) is 4.82. The molecular formula is C27H25FN2O4S. The monoisotopic (exact) mass is 492 g/mol. The molecule has 2 amide bonds. The van der Waals surface area contributed by atoms with Gasteiger partial charge in [0.1, 0.15) is 17.3 Å². The van der Waals surface area contributed by atoms with Crippen molar-refractivity contribution in [3.05, 3.63) is 112 Å². The zero-order valence-electron chi connectivity index (χ0n) is 19.1. The van der Waals surface area contributed by atoms with Crippen molar-refractivity contribution in [3.8, 4) is 5.75 Å². The molecule has 2 aromatic heterocycles. The molecule has 4 rings (SSSR count). The van der Waals surface area contributed by atoms with Crippen molar-refractivity contribution in [2.24, 2.45) is 0 Å². The zero-order valence-corrected chi connectivity index (χ0v) is 20.0. The van der Waals surface area contributed by atoms with E-state index in [9.17, 15) is 14.0 Å². The summed E-state index contributed by atoms with van der Waals surface area (Å²) >= 11 is 1.47. The molecule has 0 aliphatic rings. The van der Waals surface area contributed by atoms with Gasteiger partial charge in [-0.3, -0.25) is 9.59 Å². The minimum Gasteiger partial charge on any atom is -0.497 e. The van der Waals surface area contributed by atoms with Crippen LogP contribution in [0.3, 0.4) is 0 Å². The summed E-state index contributed by atoms with van der Waals surface area (Å²) in [4.78, 5) is 29.3. The number of halogens is 1. The molecule has 180 valence electrons. The molecule has 6 nitrogen and oxygen atoms in total. The molecule has 2 aromatic carbocycles. The lowest BCUT2D eigenvalue weighted by Gasteiger charge is -2.30. The highest BCUT2D eigenvalue weighted by Gasteiger charge is 2.33. The fourth-order valence-corrected chi connectivity index (χ4v) is 4.37. The fourth-order valence-electron chi connectivity index (χ4n) is 3.67. The quantitative estimate of drug-likeness (QED) is 0.334. The predicted octanol–water partition coefficient (Wildman–Crippen LogP) is 5.12. The molecule has 0 saturated heterocycles. The molecule has 0 aliphatic carbocycles. The first kappa shape index (κ1) is 24.2. The second kappa shape index (κ2) is 11.5. The topological polar surface area (TPSA) is 71.8 Å². The van der Waals surface area contributed by atoms with Crippen molar-refractivity contribution in [1.29, 1.82) is 0 Å². The van der Waals surface area contributed by atoms with Gasteiger partial charge < -0.3 is 19.4 Å². The average Bonchev–Trinajstić information content (AvgIpc) is 3.59. The van der Waals surface area contributed by atoms with Crippen molar-refractivity contribution >= 4 is 23.2 Å². The molecular weight excluding hydrogens is 467 g/mol. The van der Waals surface area contributed by atoms with Gasteiger partial charge in [-0.15, -0.1) is 11.3 Å². The molecule has 8 heteroatoms. The number of nitrogens with zero attached hydrogens (tertiary/aromatic N) is 1. The number of nitrogens with one attached hydrogen (secondary N) is 1. The van der Waals surface area contributed by atoms with E-state index in [1.165, 1.54) is 34.6 Å². The van der Waals surface area contributed by atoms with E-state index in [1.54, 1.807) is 31.4 Å². The molecule has 0 aliphatic heterocycles. The predicted molar refractivity (Wildman–Crippen MR) is 131 cm³/mol. The number of carbonyl (C=O) groups is 2. The van der Waals surface area contributed by atoms with E-state index in [4.69, 9.17) is 9.15 Å². The van der Waals surface area contributed by atoms with Crippen molar-refractivity contribution in [2.45, 2.75) is 25.6 Å². The lowest BCUT2D eigenvalue weighted by atomic mass is 10.1. The number of thiophene rings is 1. The van der Waals surface area contributed by atoms with Crippen molar-refractivity contribution in [2.75, 3.05) is 7.11 Å². The van der Waals surface area contributed by atoms with Crippen LogP contribution in [0.25, 0.3) is 0 Å². The van der Waals surface area contributed by atoms with E-state index in [0.29, 0.717) is 11.3 Å². The molecule has 0 fully saturated rings. The highest BCUT2D eigenvalue weighted by Crippen LogP contribution is 2.26. The first-order valence-corrected chi connectivity index (χ1v) is 11.9. The minimum absolute atomic E-state index is 0.117. The average molecular weight is 493 g/mol. The van der Waals surface area contributed by atoms with Crippen LogP contribution in [0, 0.1) is 5.82 Å². The summed E-state index contributed by atoms with van der Waals surface area (Å²) in [6.07, 6.45) is 1.61. The second-order valence-electron chi connectivity index (χ2n) is 7.89. The molecule has 0 radical (unpaired) electrons. The Morgan fingerprint density at radius 3 is 2.40 bits per heavy atom. The Bertz CT molecular complexity index is 1220. The van der Waals surface area contributed by atoms with E-state index < -0.39 is 6.04 Å². The Morgan fingerprint density at radius 2 is 1.77 bits per heavy atom. The molecule has 1 unspecified atom stereocenters. The Kier molecular flexibility index (Phi) is 7.95. The Labute approximate surface area is 207 Å². The molecule has 2 heterocycles. The van der Waals surface area contributed by atoms with E-state index in [2.05, 4.69) is 5.32 Å². The number of methoxy groups -OCH3 is 1. The first-order valence-electron chi connectivity index (χ1n) is 11.0. The number of hydrogen-bond acceptors (Lipinski definition) is 5. The molecule has 0 spiro atoms. The number of benzene rings is 2. The van der Waals surface area contributed by atoms with Gasteiger partial charge in [-0.1, -0.05) is 30.3 Å². The number of furan rings is 1. The van der Waals surface area contributed by atoms with E-state index in [1.807, 2.05) is 41.8 Å². The second-order valence-corrected chi connectivity index (χ2v) is 8.92. The van der Waals surface area contributed by atoms with Crippen molar-refractivity contribution < 1.29 is 23.1 Å². The van der Waals surface area contributed by atoms with Gasteiger partial charge in [0, 0.05) is 18.0 Å². The van der Waals surface area contributed by atoms with Crippen LogP contribution in [0.1, 0.15) is 27.8 Å². The smallest absolute Gasteiger partial charge is 0.251 e. The van der Waals surface area contributed by atoms with Gasteiger partial charge in [0.2, 0.25) is 5.91 Å². The summed E-state index contributed by atoms with van der Waals surface area (Å²) in [6.45, 7) is 0.384. The molecule has 1 atom stereocenters. The number of carbonyl (C=O) groups excluding carboxylic acids is 2. The summed E-state index contributed by atoms with van der Waals surface area (Å²) in [6, 6.07) is 19.4. The maximum absolute atomic E-state index is 13.5. The van der Waals surface area contributed by atoms with Gasteiger partial charge >= 0.3 is 0 Å². The molecule has 0 bridgehead atoms. The number of ether oxygens (including phenoxy) is 1. The molecule has 0 saturated carbocycles. The molecule has 1 N–H and O–H groups in total. The van der Waals surface area contributed by atoms with E-state index in [0.717, 1.165) is 16.2 Å². The van der Waals surface area contributed by atoms with Crippen LogP contribution < -0.4 is 10.1 Å². The summed E-state index contributed by atoms with van der Waals surface area (Å²) < 4.78 is 24.3. The number of hydrogen-bond donors (Lipinski definition) is 1. The van der Waals surface area contributed by atoms with Crippen LogP contribution in [0.2, 0.25) is 0 Å². The zero-order chi connectivity index (χ0) is 24.6. The molecule has 35 heavy (non-hydrogen) atoms. The minimum atomic E-state index is -0.999. The van der Waals surface area contributed by atoms with Crippen molar-refractivity contribution in [1.82, 2.24) is 10.2 Å². The van der Waals surface area contributed by atoms with Gasteiger partial charge in [-0.05, 0) is 59.0 Å². The standard InChI is InChI=1S/C27H25FN2O4S/c1-33-22-12-8-19(9-13-22)17-29-27(32)26(24-5-2-14-34-24)30(18-20-6-10-21(28)11-7-20)25(31)16-23-4-3-15-35-23/h2-15,26H,16-18H2,1H3,(H,29,32). The number of rotatable bonds is 10.